The molecule has 0 aromatic carbocycles. The van der Waals surface area contributed by atoms with E-state index in [2.05, 4.69) is 25.7 Å². The van der Waals surface area contributed by atoms with E-state index in [0.29, 0.717) is 10.9 Å². The first-order chi connectivity index (χ1) is 7.54. The topological polar surface area (TPSA) is 65.2 Å². The van der Waals surface area contributed by atoms with Gasteiger partial charge in [-0.15, -0.1) is 0 Å². The van der Waals surface area contributed by atoms with E-state index in [1.54, 1.807) is 0 Å². The van der Waals surface area contributed by atoms with Crippen molar-refractivity contribution in [3.8, 4) is 0 Å². The Labute approximate surface area is 101 Å². The molecule has 0 amide bonds. The van der Waals surface area contributed by atoms with E-state index >= 15 is 0 Å². The summed E-state index contributed by atoms with van der Waals surface area (Å²) in [6.07, 6.45) is 1.92. The van der Waals surface area contributed by atoms with Crippen molar-refractivity contribution in [3.63, 3.8) is 0 Å². The van der Waals surface area contributed by atoms with Crippen LogP contribution in [-0.2, 0) is 9.53 Å². The second kappa shape index (κ2) is 5.91. The molecular weight excluding hydrogens is 279 g/mol. The van der Waals surface area contributed by atoms with E-state index in [9.17, 15) is 9.18 Å². The highest BCUT2D eigenvalue weighted by Gasteiger charge is 2.15. The molecule has 0 aliphatic rings. The second-order valence-corrected chi connectivity index (χ2v) is 4.16. The number of rotatable bonds is 4. The van der Waals surface area contributed by atoms with Gasteiger partial charge in [-0.3, -0.25) is 9.78 Å². The summed E-state index contributed by atoms with van der Waals surface area (Å²) in [7, 11) is 1.30. The maximum Gasteiger partial charge on any atom is 0.305 e. The Hall–Kier alpha value is -1.01. The van der Waals surface area contributed by atoms with Gasteiger partial charge < -0.3 is 10.5 Å². The van der Waals surface area contributed by atoms with Crippen LogP contribution in [0.25, 0.3) is 0 Å². The van der Waals surface area contributed by atoms with Crippen molar-refractivity contribution < 1.29 is 13.9 Å². The summed E-state index contributed by atoms with van der Waals surface area (Å²) in [6.45, 7) is 0. The number of aromatic nitrogens is 1. The molecule has 88 valence electrons. The van der Waals surface area contributed by atoms with Crippen molar-refractivity contribution in [1.29, 1.82) is 0 Å². The summed E-state index contributed by atoms with van der Waals surface area (Å²) in [5.74, 6) is -0.847. The summed E-state index contributed by atoms with van der Waals surface area (Å²) in [5, 5.41) is 0. The van der Waals surface area contributed by atoms with Gasteiger partial charge >= 0.3 is 5.97 Å². The number of hydrogen-bond donors (Lipinski definition) is 1. The van der Waals surface area contributed by atoms with Gasteiger partial charge in [-0.25, -0.2) is 4.39 Å². The Kier molecular flexibility index (Phi) is 4.82. The van der Waals surface area contributed by atoms with Gasteiger partial charge in [0.05, 0.1) is 18.8 Å². The molecule has 0 unspecified atom stereocenters. The lowest BCUT2D eigenvalue weighted by Gasteiger charge is -2.11. The third-order valence-corrected chi connectivity index (χ3v) is 2.51. The maximum atomic E-state index is 13.4. The first-order valence-corrected chi connectivity index (χ1v) is 5.47. The van der Waals surface area contributed by atoms with Crippen LogP contribution in [-0.4, -0.2) is 18.1 Å². The average molecular weight is 291 g/mol. The van der Waals surface area contributed by atoms with Gasteiger partial charge in [0.25, 0.3) is 0 Å². The molecule has 0 aliphatic carbocycles. The van der Waals surface area contributed by atoms with Gasteiger partial charge in [0.15, 0.2) is 0 Å². The van der Waals surface area contributed by atoms with E-state index in [1.165, 1.54) is 19.4 Å². The highest BCUT2D eigenvalue weighted by molar-refractivity contribution is 9.10. The van der Waals surface area contributed by atoms with Crippen LogP contribution >= 0.6 is 15.9 Å². The number of methoxy groups -OCH3 is 1. The molecule has 0 bridgehead atoms. The zero-order chi connectivity index (χ0) is 12.1. The molecule has 1 heterocycles. The molecule has 0 radical (unpaired) electrons. The Bertz CT molecular complexity index is 387. The molecule has 0 saturated carbocycles. The van der Waals surface area contributed by atoms with Crippen LogP contribution in [0.4, 0.5) is 4.39 Å². The first kappa shape index (κ1) is 13.1. The number of nitrogens with zero attached hydrogens (tertiary/aromatic N) is 1. The van der Waals surface area contributed by atoms with E-state index in [0.717, 1.165) is 0 Å². The predicted octanol–water partition coefficient (Wildman–Crippen LogP) is 1.94. The summed E-state index contributed by atoms with van der Waals surface area (Å²) in [5.41, 5.74) is 5.88. The number of hydrogen-bond acceptors (Lipinski definition) is 4. The number of halogens is 2. The summed E-state index contributed by atoms with van der Waals surface area (Å²) < 4.78 is 18.4. The van der Waals surface area contributed by atoms with Crippen LogP contribution in [0.2, 0.25) is 0 Å². The number of ether oxygens (including phenoxy) is 1. The normalized spacial score (nSPS) is 12.2. The number of carbonyl (C=O) groups is 1. The van der Waals surface area contributed by atoms with Gasteiger partial charge in [-0.1, -0.05) is 0 Å². The van der Waals surface area contributed by atoms with Crippen LogP contribution in [0, 0.1) is 5.82 Å². The van der Waals surface area contributed by atoms with Crippen molar-refractivity contribution in [1.82, 2.24) is 4.98 Å². The SMILES string of the molecule is COC(=O)CC[C@@H](N)c1ncc(Br)cc1F. The lowest BCUT2D eigenvalue weighted by atomic mass is 10.1. The standard InChI is InChI=1S/C10H12BrFN2O2/c1-16-9(15)3-2-8(13)10-7(12)4-6(11)5-14-10/h4-5,8H,2-3,13H2,1H3/t8-/m1/s1. The number of carbonyl (C=O) groups excluding carboxylic acids is 1. The van der Waals surface area contributed by atoms with E-state index in [-0.39, 0.29) is 18.1 Å². The highest BCUT2D eigenvalue weighted by atomic mass is 79.9. The van der Waals surface area contributed by atoms with Crippen LogP contribution in [0.3, 0.4) is 0 Å². The Morgan fingerprint density at radius 1 is 1.75 bits per heavy atom. The molecule has 6 heteroatoms. The lowest BCUT2D eigenvalue weighted by molar-refractivity contribution is -0.140. The van der Waals surface area contributed by atoms with Gasteiger partial charge in [-0.05, 0) is 28.4 Å². The van der Waals surface area contributed by atoms with Crippen LogP contribution in [0.1, 0.15) is 24.6 Å². The minimum absolute atomic E-state index is 0.148. The monoisotopic (exact) mass is 290 g/mol. The molecule has 0 fully saturated rings. The fourth-order valence-electron chi connectivity index (χ4n) is 1.21. The molecule has 1 atom stereocenters. The Morgan fingerprint density at radius 3 is 3.00 bits per heavy atom. The van der Waals surface area contributed by atoms with Gasteiger partial charge in [-0.2, -0.15) is 0 Å². The van der Waals surface area contributed by atoms with Crippen molar-refractivity contribution in [2.45, 2.75) is 18.9 Å². The van der Waals surface area contributed by atoms with Crippen molar-refractivity contribution >= 4 is 21.9 Å². The minimum Gasteiger partial charge on any atom is -0.469 e. The van der Waals surface area contributed by atoms with Gasteiger partial charge in [0.1, 0.15) is 5.82 Å². The van der Waals surface area contributed by atoms with Crippen molar-refractivity contribution in [2.75, 3.05) is 7.11 Å². The van der Waals surface area contributed by atoms with E-state index in [1.807, 2.05) is 0 Å². The summed E-state index contributed by atoms with van der Waals surface area (Å²) >= 11 is 3.10. The van der Waals surface area contributed by atoms with Gasteiger partial charge in [0, 0.05) is 17.1 Å². The number of pyridine rings is 1. The molecule has 0 aliphatic heterocycles. The average Bonchev–Trinajstić information content (AvgIpc) is 2.25. The molecular formula is C10H12BrFN2O2. The van der Waals surface area contributed by atoms with E-state index in [4.69, 9.17) is 5.73 Å². The minimum atomic E-state index is -0.604. The largest absolute Gasteiger partial charge is 0.469 e. The van der Waals surface area contributed by atoms with Crippen molar-refractivity contribution in [3.05, 3.63) is 28.2 Å². The summed E-state index contributed by atoms with van der Waals surface area (Å²) in [6, 6.07) is 0.688. The maximum absolute atomic E-state index is 13.4. The van der Waals surface area contributed by atoms with Crippen LogP contribution in [0.15, 0.2) is 16.7 Å². The molecule has 0 spiro atoms. The highest BCUT2D eigenvalue weighted by Crippen LogP contribution is 2.19. The second-order valence-electron chi connectivity index (χ2n) is 3.24. The Morgan fingerprint density at radius 2 is 2.44 bits per heavy atom. The first-order valence-electron chi connectivity index (χ1n) is 4.68. The predicted molar refractivity (Wildman–Crippen MR) is 60.1 cm³/mol. The third-order valence-electron chi connectivity index (χ3n) is 2.07. The van der Waals surface area contributed by atoms with Gasteiger partial charge in [0.2, 0.25) is 0 Å². The molecule has 4 nitrogen and oxygen atoms in total. The quantitative estimate of drug-likeness (QED) is 0.861. The molecule has 2 N–H and O–H groups in total. The zero-order valence-corrected chi connectivity index (χ0v) is 10.3. The summed E-state index contributed by atoms with van der Waals surface area (Å²) in [4.78, 5) is 14.8. The Balaban J connectivity index is 2.65. The molecule has 16 heavy (non-hydrogen) atoms. The molecule has 1 aromatic heterocycles. The molecule has 1 aromatic rings. The smallest absolute Gasteiger partial charge is 0.305 e. The lowest BCUT2D eigenvalue weighted by Crippen LogP contribution is -2.16. The molecule has 1 rings (SSSR count). The molecule has 0 saturated heterocycles. The van der Waals surface area contributed by atoms with Crippen LogP contribution < -0.4 is 5.73 Å². The zero-order valence-electron chi connectivity index (χ0n) is 8.74. The third kappa shape index (κ3) is 3.53. The number of nitrogens with two attached hydrogens (primary N) is 1. The number of esters is 1. The van der Waals surface area contributed by atoms with Crippen molar-refractivity contribution in [2.24, 2.45) is 5.73 Å². The fourth-order valence-corrected chi connectivity index (χ4v) is 1.51. The van der Waals surface area contributed by atoms with E-state index < -0.39 is 11.9 Å². The van der Waals surface area contributed by atoms with Crippen LogP contribution in [0.5, 0.6) is 0 Å². The fraction of sp³-hybridized carbons (Fsp3) is 0.400.